The van der Waals surface area contributed by atoms with Crippen LogP contribution >= 0.6 is 0 Å². The molecule has 0 aromatic rings. The molecule has 1 saturated heterocycles. The molecule has 4 nitrogen and oxygen atoms in total. The van der Waals surface area contributed by atoms with E-state index in [2.05, 4.69) is 5.32 Å². The normalized spacial score (nSPS) is 26.8. The molecule has 0 radical (unpaired) electrons. The Kier molecular flexibility index (Phi) is 3.27. The molecule has 4 heteroatoms. The Morgan fingerprint density at radius 1 is 1.69 bits per heavy atom. The van der Waals surface area contributed by atoms with Gasteiger partial charge in [0.2, 0.25) is 0 Å². The third-order valence-corrected chi connectivity index (χ3v) is 1.99. The Balaban J connectivity index is 2.36. The first-order valence-corrected chi connectivity index (χ1v) is 4.59. The van der Waals surface area contributed by atoms with Crippen molar-refractivity contribution in [2.75, 3.05) is 19.8 Å². The average molecular weight is 187 g/mol. The third-order valence-electron chi connectivity index (χ3n) is 1.99. The van der Waals surface area contributed by atoms with Crippen LogP contribution in [0.5, 0.6) is 0 Å². The van der Waals surface area contributed by atoms with Crippen LogP contribution in [0.1, 0.15) is 20.8 Å². The molecule has 13 heavy (non-hydrogen) atoms. The Morgan fingerprint density at radius 3 is 2.85 bits per heavy atom. The molecule has 1 N–H and O–H groups in total. The molecule has 1 fully saturated rings. The van der Waals surface area contributed by atoms with Gasteiger partial charge in [-0.15, -0.1) is 0 Å². The van der Waals surface area contributed by atoms with Crippen molar-refractivity contribution in [3.05, 3.63) is 0 Å². The number of morpholine rings is 1. The zero-order chi connectivity index (χ0) is 9.90. The van der Waals surface area contributed by atoms with Crippen molar-refractivity contribution in [3.63, 3.8) is 0 Å². The van der Waals surface area contributed by atoms with Crippen LogP contribution in [-0.2, 0) is 14.3 Å². The van der Waals surface area contributed by atoms with E-state index in [9.17, 15) is 4.79 Å². The molecule has 0 saturated carbocycles. The fraction of sp³-hybridized carbons (Fsp3) is 0.889. The summed E-state index contributed by atoms with van der Waals surface area (Å²) in [7, 11) is 0. The van der Waals surface area contributed by atoms with Gasteiger partial charge in [-0.2, -0.15) is 0 Å². The van der Waals surface area contributed by atoms with Gasteiger partial charge >= 0.3 is 5.97 Å². The summed E-state index contributed by atoms with van der Waals surface area (Å²) < 4.78 is 10.4. The van der Waals surface area contributed by atoms with E-state index in [0.29, 0.717) is 19.8 Å². The number of hydrogen-bond donors (Lipinski definition) is 1. The highest BCUT2D eigenvalue weighted by molar-refractivity contribution is 5.76. The lowest BCUT2D eigenvalue weighted by Gasteiger charge is -2.34. The molecule has 76 valence electrons. The Hall–Kier alpha value is -0.610. The van der Waals surface area contributed by atoms with Gasteiger partial charge in [0.1, 0.15) is 6.04 Å². The highest BCUT2D eigenvalue weighted by Crippen LogP contribution is 2.13. The molecule has 1 unspecified atom stereocenters. The maximum atomic E-state index is 11.2. The summed E-state index contributed by atoms with van der Waals surface area (Å²) in [5.74, 6) is -0.224. The second-order valence-corrected chi connectivity index (χ2v) is 3.76. The molecule has 0 bridgehead atoms. The van der Waals surface area contributed by atoms with E-state index in [4.69, 9.17) is 9.47 Å². The lowest BCUT2D eigenvalue weighted by atomic mass is 10.1. The highest BCUT2D eigenvalue weighted by atomic mass is 16.5. The first kappa shape index (κ1) is 10.5. The SMILES string of the molecule is CCOC(=O)C1COC(C)(C)CN1. The van der Waals surface area contributed by atoms with Crippen LogP contribution in [0.3, 0.4) is 0 Å². The Labute approximate surface area is 78.6 Å². The number of carbonyl (C=O) groups excluding carboxylic acids is 1. The van der Waals surface area contributed by atoms with Gasteiger partial charge in [0, 0.05) is 6.54 Å². The third kappa shape index (κ3) is 2.97. The molecule has 1 aliphatic rings. The quantitative estimate of drug-likeness (QED) is 0.632. The summed E-state index contributed by atoms with van der Waals surface area (Å²) in [6.07, 6.45) is 0. The summed E-state index contributed by atoms with van der Waals surface area (Å²) in [5, 5.41) is 3.09. The minimum atomic E-state index is -0.298. The van der Waals surface area contributed by atoms with Crippen LogP contribution in [0.2, 0.25) is 0 Å². The average Bonchev–Trinajstić information content (AvgIpc) is 2.04. The molecule has 0 aromatic carbocycles. The highest BCUT2D eigenvalue weighted by Gasteiger charge is 2.31. The van der Waals surface area contributed by atoms with Gasteiger partial charge in [-0.25, -0.2) is 0 Å². The van der Waals surface area contributed by atoms with E-state index in [0.717, 1.165) is 0 Å². The van der Waals surface area contributed by atoms with E-state index < -0.39 is 0 Å². The van der Waals surface area contributed by atoms with E-state index >= 15 is 0 Å². The van der Waals surface area contributed by atoms with Crippen LogP contribution in [0.25, 0.3) is 0 Å². The van der Waals surface area contributed by atoms with E-state index in [1.165, 1.54) is 0 Å². The predicted molar refractivity (Wildman–Crippen MR) is 48.5 cm³/mol. The summed E-state index contributed by atoms with van der Waals surface area (Å²) in [4.78, 5) is 11.2. The molecule has 0 aromatic heterocycles. The Bertz CT molecular complexity index is 181. The number of hydrogen-bond acceptors (Lipinski definition) is 4. The summed E-state index contributed by atoms with van der Waals surface area (Å²) >= 11 is 0. The molecular weight excluding hydrogens is 170 g/mol. The van der Waals surface area contributed by atoms with Gasteiger partial charge in [0.25, 0.3) is 0 Å². The number of esters is 1. The topological polar surface area (TPSA) is 47.6 Å². The summed E-state index contributed by atoms with van der Waals surface area (Å²) in [6.45, 7) is 7.26. The van der Waals surface area contributed by atoms with Crippen LogP contribution in [0.4, 0.5) is 0 Å². The molecule has 0 aliphatic carbocycles. The molecule has 0 amide bonds. The lowest BCUT2D eigenvalue weighted by molar-refractivity contribution is -0.153. The lowest BCUT2D eigenvalue weighted by Crippen LogP contribution is -2.54. The van der Waals surface area contributed by atoms with Gasteiger partial charge in [-0.3, -0.25) is 10.1 Å². The summed E-state index contributed by atoms with van der Waals surface area (Å²) in [5.41, 5.74) is -0.178. The van der Waals surface area contributed by atoms with Crippen LogP contribution in [0, 0.1) is 0 Å². The van der Waals surface area contributed by atoms with Crippen molar-refractivity contribution in [1.82, 2.24) is 5.32 Å². The fourth-order valence-corrected chi connectivity index (χ4v) is 1.18. The standard InChI is InChI=1S/C9H17NO3/c1-4-12-8(11)7-5-13-9(2,3)6-10-7/h7,10H,4-6H2,1-3H3. The first-order valence-electron chi connectivity index (χ1n) is 4.59. The van der Waals surface area contributed by atoms with E-state index in [1.54, 1.807) is 6.92 Å². The van der Waals surface area contributed by atoms with Crippen LogP contribution in [0.15, 0.2) is 0 Å². The molecule has 1 heterocycles. The van der Waals surface area contributed by atoms with Crippen molar-refractivity contribution in [2.24, 2.45) is 0 Å². The van der Waals surface area contributed by atoms with Crippen molar-refractivity contribution in [1.29, 1.82) is 0 Å². The minimum Gasteiger partial charge on any atom is -0.465 e. The van der Waals surface area contributed by atoms with E-state index in [1.807, 2.05) is 13.8 Å². The number of rotatable bonds is 2. The molecule has 1 rings (SSSR count). The van der Waals surface area contributed by atoms with Crippen molar-refractivity contribution < 1.29 is 14.3 Å². The van der Waals surface area contributed by atoms with Gasteiger partial charge < -0.3 is 9.47 Å². The van der Waals surface area contributed by atoms with Gasteiger partial charge in [0.05, 0.1) is 18.8 Å². The number of ether oxygens (including phenoxy) is 2. The monoisotopic (exact) mass is 187 g/mol. The fourth-order valence-electron chi connectivity index (χ4n) is 1.18. The van der Waals surface area contributed by atoms with Crippen molar-refractivity contribution >= 4 is 5.97 Å². The van der Waals surface area contributed by atoms with Crippen molar-refractivity contribution in [3.8, 4) is 0 Å². The number of carbonyl (C=O) groups is 1. The van der Waals surface area contributed by atoms with Gasteiger partial charge in [0.15, 0.2) is 0 Å². The van der Waals surface area contributed by atoms with Crippen LogP contribution < -0.4 is 5.32 Å². The van der Waals surface area contributed by atoms with Gasteiger partial charge in [-0.05, 0) is 20.8 Å². The van der Waals surface area contributed by atoms with Crippen molar-refractivity contribution in [2.45, 2.75) is 32.4 Å². The maximum absolute atomic E-state index is 11.2. The Morgan fingerprint density at radius 2 is 2.38 bits per heavy atom. The smallest absolute Gasteiger partial charge is 0.325 e. The number of nitrogens with one attached hydrogen (secondary N) is 1. The van der Waals surface area contributed by atoms with Gasteiger partial charge in [-0.1, -0.05) is 0 Å². The zero-order valence-electron chi connectivity index (χ0n) is 8.42. The zero-order valence-corrected chi connectivity index (χ0v) is 8.42. The molecule has 1 atom stereocenters. The first-order chi connectivity index (χ1) is 6.05. The molecular formula is C9H17NO3. The largest absolute Gasteiger partial charge is 0.465 e. The second-order valence-electron chi connectivity index (χ2n) is 3.76. The minimum absolute atomic E-state index is 0.178. The second kappa shape index (κ2) is 4.07. The molecule has 1 aliphatic heterocycles. The van der Waals surface area contributed by atoms with Crippen LogP contribution in [-0.4, -0.2) is 37.4 Å². The van der Waals surface area contributed by atoms with E-state index in [-0.39, 0.29) is 17.6 Å². The summed E-state index contributed by atoms with van der Waals surface area (Å²) in [6, 6.07) is -0.298. The molecule has 0 spiro atoms. The maximum Gasteiger partial charge on any atom is 0.325 e. The predicted octanol–water partition coefficient (Wildman–Crippen LogP) is 0.316.